The van der Waals surface area contributed by atoms with E-state index in [0.29, 0.717) is 17.7 Å². The number of anilines is 3. The van der Waals surface area contributed by atoms with Crippen LogP contribution in [0.5, 0.6) is 5.75 Å². The summed E-state index contributed by atoms with van der Waals surface area (Å²) in [5.74, 6) is 1.89. The standard InChI is InChI=1S/C18H23F2N5O/c1-25(2)10-9-21-18-23-15(12-3-4-12)11-16(24-18)22-13-5-7-14(8-6-13)26-17(19)20/h5-8,11-12,17H,3-4,9-10H2,1-2H3,(H2,21,22,23,24). The lowest BCUT2D eigenvalue weighted by Gasteiger charge is -2.13. The quantitative estimate of drug-likeness (QED) is 0.709. The van der Waals surface area contributed by atoms with Crippen LogP contribution in [-0.2, 0) is 0 Å². The second kappa shape index (κ2) is 8.27. The van der Waals surface area contributed by atoms with E-state index in [1.807, 2.05) is 20.2 Å². The van der Waals surface area contributed by atoms with Gasteiger partial charge in [-0.05, 0) is 51.2 Å². The SMILES string of the molecule is CN(C)CCNc1nc(Nc2ccc(OC(F)F)cc2)cc(C2CC2)n1. The monoisotopic (exact) mass is 363 g/mol. The van der Waals surface area contributed by atoms with Gasteiger partial charge >= 0.3 is 6.61 Å². The summed E-state index contributed by atoms with van der Waals surface area (Å²) in [6, 6.07) is 8.28. The molecule has 8 heteroatoms. The minimum absolute atomic E-state index is 0.123. The van der Waals surface area contributed by atoms with E-state index in [-0.39, 0.29) is 5.75 Å². The van der Waals surface area contributed by atoms with Gasteiger partial charge in [0.25, 0.3) is 0 Å². The molecule has 0 aliphatic heterocycles. The van der Waals surface area contributed by atoms with Gasteiger partial charge in [-0.2, -0.15) is 13.8 Å². The van der Waals surface area contributed by atoms with Crippen molar-refractivity contribution in [3.8, 4) is 5.75 Å². The second-order valence-corrected chi connectivity index (χ2v) is 6.53. The highest BCUT2D eigenvalue weighted by atomic mass is 19.3. The van der Waals surface area contributed by atoms with Crippen LogP contribution in [0.3, 0.4) is 0 Å². The third-order valence-electron chi connectivity index (χ3n) is 3.94. The fraction of sp³-hybridized carbons (Fsp3) is 0.444. The van der Waals surface area contributed by atoms with Gasteiger partial charge in [0.2, 0.25) is 5.95 Å². The first-order chi connectivity index (χ1) is 12.5. The Morgan fingerprint density at radius 2 is 1.92 bits per heavy atom. The third kappa shape index (κ3) is 5.52. The van der Waals surface area contributed by atoms with Crippen molar-refractivity contribution < 1.29 is 13.5 Å². The van der Waals surface area contributed by atoms with Crippen LogP contribution in [0.25, 0.3) is 0 Å². The molecule has 1 fully saturated rings. The van der Waals surface area contributed by atoms with Gasteiger partial charge in [-0.3, -0.25) is 0 Å². The van der Waals surface area contributed by atoms with Crippen LogP contribution in [0.1, 0.15) is 24.5 Å². The van der Waals surface area contributed by atoms with Crippen molar-refractivity contribution in [1.82, 2.24) is 14.9 Å². The summed E-state index contributed by atoms with van der Waals surface area (Å²) in [5, 5.41) is 6.45. The van der Waals surface area contributed by atoms with Gasteiger partial charge in [0.05, 0.1) is 5.69 Å². The van der Waals surface area contributed by atoms with Gasteiger partial charge in [-0.25, -0.2) is 4.98 Å². The normalized spacial score (nSPS) is 13.9. The highest BCUT2D eigenvalue weighted by molar-refractivity contribution is 5.59. The van der Waals surface area contributed by atoms with Gasteiger partial charge in [-0.1, -0.05) is 0 Å². The molecule has 1 aromatic carbocycles. The summed E-state index contributed by atoms with van der Waals surface area (Å²) in [6.07, 6.45) is 2.29. The average molecular weight is 363 g/mol. The van der Waals surface area contributed by atoms with Crippen molar-refractivity contribution in [1.29, 1.82) is 0 Å². The van der Waals surface area contributed by atoms with Crippen LogP contribution < -0.4 is 15.4 Å². The Bertz CT molecular complexity index is 720. The van der Waals surface area contributed by atoms with Gasteiger partial charge in [0.1, 0.15) is 11.6 Å². The molecule has 0 radical (unpaired) electrons. The smallest absolute Gasteiger partial charge is 0.387 e. The Hall–Kier alpha value is -2.48. The van der Waals surface area contributed by atoms with E-state index in [1.54, 1.807) is 12.1 Å². The molecule has 1 saturated carbocycles. The first-order valence-electron chi connectivity index (χ1n) is 8.59. The lowest BCUT2D eigenvalue weighted by atomic mass is 10.2. The molecular weight excluding hydrogens is 340 g/mol. The fourth-order valence-electron chi connectivity index (χ4n) is 2.46. The van der Waals surface area contributed by atoms with Crippen molar-refractivity contribution >= 4 is 17.5 Å². The van der Waals surface area contributed by atoms with E-state index in [4.69, 9.17) is 0 Å². The van der Waals surface area contributed by atoms with E-state index >= 15 is 0 Å². The van der Waals surface area contributed by atoms with Crippen LogP contribution >= 0.6 is 0 Å². The zero-order valence-electron chi connectivity index (χ0n) is 14.9. The number of rotatable bonds is 9. The number of likely N-dealkylation sites (N-methyl/N-ethyl adjacent to an activating group) is 1. The molecule has 0 amide bonds. The number of halogens is 2. The van der Waals surface area contributed by atoms with E-state index < -0.39 is 6.61 Å². The molecule has 1 heterocycles. The maximum Gasteiger partial charge on any atom is 0.387 e. The second-order valence-electron chi connectivity index (χ2n) is 6.53. The third-order valence-corrected chi connectivity index (χ3v) is 3.94. The maximum absolute atomic E-state index is 12.2. The molecule has 26 heavy (non-hydrogen) atoms. The number of benzene rings is 1. The predicted molar refractivity (Wildman–Crippen MR) is 97.4 cm³/mol. The maximum atomic E-state index is 12.2. The van der Waals surface area contributed by atoms with Crippen molar-refractivity contribution in [3.05, 3.63) is 36.0 Å². The number of aromatic nitrogens is 2. The number of hydrogen-bond donors (Lipinski definition) is 2. The lowest BCUT2D eigenvalue weighted by molar-refractivity contribution is -0.0498. The highest BCUT2D eigenvalue weighted by Crippen LogP contribution is 2.40. The van der Waals surface area contributed by atoms with E-state index in [9.17, 15) is 8.78 Å². The van der Waals surface area contributed by atoms with Gasteiger partial charge in [-0.15, -0.1) is 0 Å². The topological polar surface area (TPSA) is 62.3 Å². The molecule has 1 aromatic heterocycles. The molecule has 1 aliphatic rings. The molecule has 0 unspecified atom stereocenters. The number of hydrogen-bond acceptors (Lipinski definition) is 6. The Morgan fingerprint density at radius 1 is 1.19 bits per heavy atom. The lowest BCUT2D eigenvalue weighted by Crippen LogP contribution is -2.21. The Balaban J connectivity index is 1.70. The van der Waals surface area contributed by atoms with E-state index in [1.165, 1.54) is 12.1 Å². The van der Waals surface area contributed by atoms with E-state index in [2.05, 4.69) is 30.2 Å². The first kappa shape index (κ1) is 18.3. The van der Waals surface area contributed by atoms with Crippen molar-refractivity contribution in [3.63, 3.8) is 0 Å². The Labute approximate surface area is 151 Å². The van der Waals surface area contributed by atoms with Crippen molar-refractivity contribution in [2.45, 2.75) is 25.4 Å². The van der Waals surface area contributed by atoms with E-state index in [0.717, 1.165) is 37.3 Å². The molecule has 2 N–H and O–H groups in total. The van der Waals surface area contributed by atoms with Gasteiger partial charge in [0, 0.05) is 30.8 Å². The van der Waals surface area contributed by atoms with Crippen LogP contribution in [0, 0.1) is 0 Å². The molecule has 0 spiro atoms. The van der Waals surface area contributed by atoms with Gasteiger partial charge in [0.15, 0.2) is 0 Å². The van der Waals surface area contributed by atoms with Crippen molar-refractivity contribution in [2.75, 3.05) is 37.8 Å². The molecular formula is C18H23F2N5O. The van der Waals surface area contributed by atoms with Crippen LogP contribution in [0.15, 0.2) is 30.3 Å². The fourth-order valence-corrected chi connectivity index (χ4v) is 2.46. The molecule has 6 nitrogen and oxygen atoms in total. The summed E-state index contributed by atoms with van der Waals surface area (Å²) in [7, 11) is 4.02. The predicted octanol–water partition coefficient (Wildman–Crippen LogP) is 3.67. The van der Waals surface area contributed by atoms with Crippen molar-refractivity contribution in [2.24, 2.45) is 0 Å². The van der Waals surface area contributed by atoms with Crippen LogP contribution in [0.4, 0.5) is 26.2 Å². The summed E-state index contributed by atoms with van der Waals surface area (Å²) >= 11 is 0. The zero-order valence-corrected chi connectivity index (χ0v) is 14.9. The first-order valence-corrected chi connectivity index (χ1v) is 8.59. The molecule has 3 rings (SSSR count). The van der Waals surface area contributed by atoms with Crippen LogP contribution in [-0.4, -0.2) is 48.7 Å². The number of ether oxygens (including phenoxy) is 1. The molecule has 1 aliphatic carbocycles. The Kier molecular flexibility index (Phi) is 5.82. The number of nitrogens with one attached hydrogen (secondary N) is 2. The average Bonchev–Trinajstić information content (AvgIpc) is 3.41. The highest BCUT2D eigenvalue weighted by Gasteiger charge is 2.26. The zero-order chi connectivity index (χ0) is 18.5. The van der Waals surface area contributed by atoms with Gasteiger partial charge < -0.3 is 20.3 Å². The molecule has 0 saturated heterocycles. The summed E-state index contributed by atoms with van der Waals surface area (Å²) in [6.45, 7) is -1.20. The molecule has 0 bridgehead atoms. The Morgan fingerprint density at radius 3 is 2.54 bits per heavy atom. The molecule has 0 atom stereocenters. The summed E-state index contributed by atoms with van der Waals surface area (Å²) in [5.41, 5.74) is 1.76. The number of alkyl halides is 2. The molecule has 140 valence electrons. The number of nitrogens with zero attached hydrogens (tertiary/aromatic N) is 3. The minimum Gasteiger partial charge on any atom is -0.435 e. The summed E-state index contributed by atoms with van der Waals surface area (Å²) in [4.78, 5) is 11.2. The minimum atomic E-state index is -2.83. The molecule has 2 aromatic rings. The largest absolute Gasteiger partial charge is 0.435 e. The summed E-state index contributed by atoms with van der Waals surface area (Å²) < 4.78 is 28.8. The van der Waals surface area contributed by atoms with Crippen LogP contribution in [0.2, 0.25) is 0 Å².